The number of aryl methyl sites for hydroxylation is 1. The third-order valence-corrected chi connectivity index (χ3v) is 5.28. The van der Waals surface area contributed by atoms with Crippen molar-refractivity contribution in [3.05, 3.63) is 71.8 Å². The molecule has 0 spiro atoms. The summed E-state index contributed by atoms with van der Waals surface area (Å²) in [6.07, 6.45) is 1.07. The highest BCUT2D eigenvalue weighted by Crippen LogP contribution is 2.29. The van der Waals surface area contributed by atoms with Crippen molar-refractivity contribution in [3.63, 3.8) is 0 Å². The van der Waals surface area contributed by atoms with Gasteiger partial charge in [-0.3, -0.25) is 9.69 Å². The number of rotatable bonds is 4. The summed E-state index contributed by atoms with van der Waals surface area (Å²) in [5.74, 6) is 6.20. The number of amides is 1. The zero-order valence-corrected chi connectivity index (χ0v) is 19.0. The molecule has 31 heavy (non-hydrogen) atoms. The molecule has 4 nitrogen and oxygen atoms in total. The topological polar surface area (TPSA) is 46.6 Å². The molecule has 0 saturated carbocycles. The maximum Gasteiger partial charge on any atom is 0.411 e. The van der Waals surface area contributed by atoms with Crippen molar-refractivity contribution < 1.29 is 14.3 Å². The summed E-state index contributed by atoms with van der Waals surface area (Å²) in [6.45, 7) is -0.384. The molecule has 1 amide bonds. The Balaban J connectivity index is 1.82. The Bertz CT molecular complexity index is 949. The van der Waals surface area contributed by atoms with E-state index < -0.39 is 15.9 Å². The molecule has 0 radical (unpaired) electrons. The molecule has 0 unspecified atom stereocenters. The molecule has 2 aromatic carbocycles. The summed E-state index contributed by atoms with van der Waals surface area (Å²) in [5.41, 5.74) is 1.93. The second-order valence-corrected chi connectivity index (χ2v) is 9.87. The summed E-state index contributed by atoms with van der Waals surface area (Å²) in [6, 6.07) is 18.4. The molecular weight excluding hydrogens is 457 g/mol. The molecule has 1 saturated heterocycles. The van der Waals surface area contributed by atoms with Gasteiger partial charge in [-0.25, -0.2) is 4.79 Å². The van der Waals surface area contributed by atoms with Crippen molar-refractivity contribution in [1.29, 1.82) is 0 Å². The van der Waals surface area contributed by atoms with Gasteiger partial charge in [-0.15, -0.1) is 0 Å². The van der Waals surface area contributed by atoms with Crippen LogP contribution in [0, 0.1) is 11.8 Å². The summed E-state index contributed by atoms with van der Waals surface area (Å²) in [7, 11) is 0. The molecule has 1 aliphatic heterocycles. The predicted octanol–water partition coefficient (Wildman–Crippen LogP) is 5.58. The van der Waals surface area contributed by atoms with Gasteiger partial charge in [-0.2, -0.15) is 0 Å². The monoisotopic (exact) mass is 477 g/mol. The number of likely N-dealkylation sites (tertiary alicyclic amines) is 1. The number of halogens is 3. The van der Waals surface area contributed by atoms with Gasteiger partial charge >= 0.3 is 6.09 Å². The minimum atomic E-state index is -1.72. The highest BCUT2D eigenvalue weighted by Gasteiger charge is 2.38. The van der Waals surface area contributed by atoms with Gasteiger partial charge in [0, 0.05) is 24.4 Å². The van der Waals surface area contributed by atoms with E-state index in [1.165, 1.54) is 4.90 Å². The van der Waals surface area contributed by atoms with E-state index in [2.05, 4.69) is 11.8 Å². The highest BCUT2D eigenvalue weighted by atomic mass is 35.6. The second kappa shape index (κ2) is 10.9. The van der Waals surface area contributed by atoms with Crippen LogP contribution in [-0.2, 0) is 16.0 Å². The average Bonchev–Trinajstić information content (AvgIpc) is 2.75. The third kappa shape index (κ3) is 7.47. The van der Waals surface area contributed by atoms with E-state index in [0.717, 1.165) is 11.1 Å². The van der Waals surface area contributed by atoms with E-state index in [9.17, 15) is 9.59 Å². The lowest BCUT2D eigenvalue weighted by molar-refractivity contribution is -0.123. The van der Waals surface area contributed by atoms with E-state index in [1.807, 2.05) is 60.7 Å². The van der Waals surface area contributed by atoms with Crippen LogP contribution in [0.25, 0.3) is 0 Å². The number of hydrogen-bond donors (Lipinski definition) is 0. The SMILES string of the molecule is O=C1C[C@@H](CCc2ccccc2)N(C(=O)OCC(Cl)(Cl)Cl)[C@@H](C#Cc2ccccc2)C1. The van der Waals surface area contributed by atoms with E-state index in [-0.39, 0.29) is 31.3 Å². The molecule has 162 valence electrons. The van der Waals surface area contributed by atoms with Crippen LogP contribution in [-0.4, -0.2) is 39.3 Å². The minimum absolute atomic E-state index is 0.0656. The van der Waals surface area contributed by atoms with E-state index in [0.29, 0.717) is 12.8 Å². The number of ether oxygens (including phenoxy) is 1. The third-order valence-electron chi connectivity index (χ3n) is 4.95. The zero-order chi connectivity index (χ0) is 22.3. The molecule has 0 bridgehead atoms. The fraction of sp³-hybridized carbons (Fsp3) is 0.333. The van der Waals surface area contributed by atoms with Crippen LogP contribution in [0.5, 0.6) is 0 Å². The fourth-order valence-electron chi connectivity index (χ4n) is 3.54. The molecule has 3 rings (SSSR count). The Morgan fingerprint density at radius 3 is 2.32 bits per heavy atom. The van der Waals surface area contributed by atoms with E-state index in [1.54, 1.807) is 0 Å². The molecule has 1 heterocycles. The lowest BCUT2D eigenvalue weighted by Crippen LogP contribution is -2.52. The standard InChI is InChI=1S/C24H22Cl3NO3/c25-24(26,27)17-31-23(30)28-20(13-11-18-7-3-1-4-8-18)15-22(29)16-21(28)14-12-19-9-5-2-6-10-19/h1-10,20-21H,11,13,15-17H2/t20-,21+/m1/s1. The van der Waals surface area contributed by atoms with Gasteiger partial charge in [0.15, 0.2) is 0 Å². The number of ketones is 1. The van der Waals surface area contributed by atoms with Crippen molar-refractivity contribution in [2.45, 2.75) is 41.6 Å². The molecule has 2 atom stereocenters. The van der Waals surface area contributed by atoms with Crippen LogP contribution in [0.2, 0.25) is 0 Å². The van der Waals surface area contributed by atoms with Gasteiger partial charge in [0.05, 0.1) is 0 Å². The van der Waals surface area contributed by atoms with Crippen molar-refractivity contribution in [2.75, 3.05) is 6.61 Å². The van der Waals surface area contributed by atoms with Crippen molar-refractivity contribution >= 4 is 46.7 Å². The maximum absolute atomic E-state index is 12.9. The summed E-state index contributed by atoms with van der Waals surface area (Å²) >= 11 is 17.2. The Hall–Kier alpha value is -2.19. The first-order valence-electron chi connectivity index (χ1n) is 9.96. The Morgan fingerprint density at radius 1 is 1.03 bits per heavy atom. The predicted molar refractivity (Wildman–Crippen MR) is 123 cm³/mol. The Morgan fingerprint density at radius 2 is 1.68 bits per heavy atom. The van der Waals surface area contributed by atoms with Crippen LogP contribution < -0.4 is 0 Å². The zero-order valence-electron chi connectivity index (χ0n) is 16.8. The first kappa shape index (κ1) is 23.5. The first-order valence-corrected chi connectivity index (χ1v) is 11.1. The van der Waals surface area contributed by atoms with E-state index >= 15 is 0 Å². The number of nitrogens with zero attached hydrogens (tertiary/aromatic N) is 1. The van der Waals surface area contributed by atoms with Gasteiger partial charge in [-0.1, -0.05) is 95.2 Å². The maximum atomic E-state index is 12.9. The highest BCUT2D eigenvalue weighted by molar-refractivity contribution is 6.67. The Labute approximate surface area is 197 Å². The molecule has 0 aliphatic carbocycles. The number of carbonyl (C=O) groups excluding carboxylic acids is 2. The summed E-state index contributed by atoms with van der Waals surface area (Å²) < 4.78 is 3.54. The van der Waals surface area contributed by atoms with Crippen molar-refractivity contribution in [2.24, 2.45) is 0 Å². The van der Waals surface area contributed by atoms with Crippen LogP contribution in [0.3, 0.4) is 0 Å². The number of Topliss-reactive ketones (excluding diaryl/α,β-unsaturated/α-hetero) is 1. The molecule has 2 aromatic rings. The van der Waals surface area contributed by atoms with Gasteiger partial charge in [0.2, 0.25) is 3.79 Å². The minimum Gasteiger partial charge on any atom is -0.445 e. The lowest BCUT2D eigenvalue weighted by Gasteiger charge is -2.38. The van der Waals surface area contributed by atoms with Crippen LogP contribution in [0.4, 0.5) is 4.79 Å². The molecule has 1 aliphatic rings. The van der Waals surface area contributed by atoms with E-state index in [4.69, 9.17) is 39.5 Å². The van der Waals surface area contributed by atoms with Gasteiger partial charge in [-0.05, 0) is 30.5 Å². The summed E-state index contributed by atoms with van der Waals surface area (Å²) in [4.78, 5) is 27.0. The van der Waals surface area contributed by atoms with Crippen molar-refractivity contribution in [3.8, 4) is 11.8 Å². The van der Waals surface area contributed by atoms with Crippen LogP contribution >= 0.6 is 34.8 Å². The quantitative estimate of drug-likeness (QED) is 0.426. The first-order chi connectivity index (χ1) is 14.8. The number of alkyl halides is 3. The van der Waals surface area contributed by atoms with Gasteiger partial charge in [0.1, 0.15) is 18.4 Å². The smallest absolute Gasteiger partial charge is 0.411 e. The average molecular weight is 479 g/mol. The lowest BCUT2D eigenvalue weighted by atomic mass is 9.91. The fourth-order valence-corrected chi connectivity index (χ4v) is 3.70. The normalized spacial score (nSPS) is 18.8. The van der Waals surface area contributed by atoms with Crippen molar-refractivity contribution in [1.82, 2.24) is 4.90 Å². The largest absolute Gasteiger partial charge is 0.445 e. The number of piperidine rings is 1. The summed E-state index contributed by atoms with van der Waals surface area (Å²) in [5, 5.41) is 0. The molecular formula is C24H22Cl3NO3. The Kier molecular flexibility index (Phi) is 8.26. The molecule has 1 fully saturated rings. The van der Waals surface area contributed by atoms with Crippen LogP contribution in [0.15, 0.2) is 60.7 Å². The van der Waals surface area contributed by atoms with Crippen LogP contribution in [0.1, 0.15) is 30.4 Å². The number of benzene rings is 2. The van der Waals surface area contributed by atoms with Gasteiger partial charge in [0.25, 0.3) is 0 Å². The number of hydrogen-bond acceptors (Lipinski definition) is 3. The molecule has 0 N–H and O–H groups in total. The second-order valence-electron chi connectivity index (χ2n) is 7.35. The van der Waals surface area contributed by atoms with Gasteiger partial charge < -0.3 is 4.74 Å². The molecule has 7 heteroatoms. The number of carbonyl (C=O) groups is 2. The molecule has 0 aromatic heterocycles.